The van der Waals surface area contributed by atoms with Crippen LogP contribution in [0.1, 0.15) is 43.7 Å². The number of hydrogen-bond acceptors (Lipinski definition) is 7. The zero-order valence-electron chi connectivity index (χ0n) is 17.4. The highest BCUT2D eigenvalue weighted by Crippen LogP contribution is 2.45. The summed E-state index contributed by atoms with van der Waals surface area (Å²) in [6, 6.07) is 9.27. The summed E-state index contributed by atoms with van der Waals surface area (Å²) in [5, 5.41) is 9.68. The van der Waals surface area contributed by atoms with Gasteiger partial charge < -0.3 is 15.2 Å². The lowest BCUT2D eigenvalue weighted by atomic mass is 9.67. The average molecular weight is 409 g/mol. The van der Waals surface area contributed by atoms with E-state index in [1.807, 2.05) is 13.0 Å². The minimum atomic E-state index is -0.621. The molecule has 0 aromatic heterocycles. The standard InChI is InChI=1S/C23H27N3O4/c1-3-30-23(28)22-18(13-29-9-8-24)26-17-10-14(2)11-19(27)21(17)20(22)16-7-5-4-6-15(16)12-25/h4-7,14,20-21H,3,8-11,13,24H2,1-2H3. The highest BCUT2D eigenvalue weighted by Gasteiger charge is 2.46. The number of benzene rings is 1. The van der Waals surface area contributed by atoms with Crippen LogP contribution in [0.3, 0.4) is 0 Å². The SMILES string of the molecule is CCOC(=O)C1=C(COCCN)N=C2CC(C)CC(=O)C2C1c1ccccc1C#N. The summed E-state index contributed by atoms with van der Waals surface area (Å²) in [6.45, 7) is 4.70. The zero-order chi connectivity index (χ0) is 21.7. The van der Waals surface area contributed by atoms with Gasteiger partial charge >= 0.3 is 5.97 Å². The minimum Gasteiger partial charge on any atom is -0.463 e. The number of nitriles is 1. The number of Topliss-reactive ketones (excluding diaryl/α,β-unsaturated/α-hetero) is 1. The number of carbonyl (C=O) groups is 2. The molecule has 3 unspecified atom stereocenters. The van der Waals surface area contributed by atoms with E-state index in [0.29, 0.717) is 48.4 Å². The summed E-state index contributed by atoms with van der Waals surface area (Å²) in [4.78, 5) is 30.9. The van der Waals surface area contributed by atoms with Gasteiger partial charge in [-0.1, -0.05) is 25.1 Å². The highest BCUT2D eigenvalue weighted by atomic mass is 16.5. The van der Waals surface area contributed by atoms with Gasteiger partial charge in [0.05, 0.1) is 48.6 Å². The lowest BCUT2D eigenvalue weighted by molar-refractivity contribution is -0.139. The lowest BCUT2D eigenvalue weighted by Gasteiger charge is -2.38. The van der Waals surface area contributed by atoms with Crippen LogP contribution in [0.2, 0.25) is 0 Å². The van der Waals surface area contributed by atoms with Gasteiger partial charge in [0.2, 0.25) is 0 Å². The van der Waals surface area contributed by atoms with E-state index in [-0.39, 0.29) is 24.9 Å². The number of carbonyl (C=O) groups excluding carboxylic acids is 2. The number of ether oxygens (including phenoxy) is 2. The summed E-state index contributed by atoms with van der Waals surface area (Å²) in [7, 11) is 0. The molecule has 7 nitrogen and oxygen atoms in total. The molecule has 0 radical (unpaired) electrons. The maximum absolute atomic E-state index is 13.1. The van der Waals surface area contributed by atoms with Crippen molar-refractivity contribution in [3.05, 3.63) is 46.7 Å². The molecule has 3 rings (SSSR count). The first kappa shape index (κ1) is 21.9. The van der Waals surface area contributed by atoms with E-state index >= 15 is 0 Å². The van der Waals surface area contributed by atoms with Crippen molar-refractivity contribution in [1.29, 1.82) is 5.26 Å². The number of ketones is 1. The van der Waals surface area contributed by atoms with Crippen molar-refractivity contribution in [2.24, 2.45) is 22.6 Å². The third-order valence-corrected chi connectivity index (χ3v) is 5.46. The first-order valence-electron chi connectivity index (χ1n) is 10.3. The lowest BCUT2D eigenvalue weighted by Crippen LogP contribution is -2.42. The number of nitrogens with two attached hydrogens (primary N) is 1. The fourth-order valence-electron chi connectivity index (χ4n) is 4.31. The molecule has 0 saturated heterocycles. The van der Waals surface area contributed by atoms with Crippen molar-refractivity contribution in [3.63, 3.8) is 0 Å². The molecular formula is C23H27N3O4. The Hall–Kier alpha value is -2.82. The summed E-state index contributed by atoms with van der Waals surface area (Å²) in [5.41, 5.74) is 8.10. The van der Waals surface area contributed by atoms with Crippen molar-refractivity contribution in [2.75, 3.05) is 26.4 Å². The van der Waals surface area contributed by atoms with Gasteiger partial charge in [-0.15, -0.1) is 0 Å². The summed E-state index contributed by atoms with van der Waals surface area (Å²) < 4.78 is 10.9. The molecule has 158 valence electrons. The van der Waals surface area contributed by atoms with Crippen LogP contribution in [0, 0.1) is 23.2 Å². The van der Waals surface area contributed by atoms with E-state index in [1.54, 1.807) is 25.1 Å². The second-order valence-electron chi connectivity index (χ2n) is 7.66. The Bertz CT molecular complexity index is 929. The third-order valence-electron chi connectivity index (χ3n) is 5.46. The fourth-order valence-corrected chi connectivity index (χ4v) is 4.31. The molecule has 3 atom stereocenters. The van der Waals surface area contributed by atoms with Gasteiger partial charge in [0.1, 0.15) is 5.78 Å². The average Bonchev–Trinajstić information content (AvgIpc) is 2.72. The van der Waals surface area contributed by atoms with Gasteiger partial charge in [-0.25, -0.2) is 4.79 Å². The van der Waals surface area contributed by atoms with E-state index in [2.05, 4.69) is 6.07 Å². The Morgan fingerprint density at radius 2 is 2.07 bits per heavy atom. The van der Waals surface area contributed by atoms with Crippen LogP contribution < -0.4 is 5.73 Å². The third kappa shape index (κ3) is 4.35. The number of esters is 1. The van der Waals surface area contributed by atoms with Gasteiger partial charge in [-0.05, 0) is 30.9 Å². The van der Waals surface area contributed by atoms with Crippen molar-refractivity contribution in [1.82, 2.24) is 0 Å². The number of rotatable bonds is 7. The zero-order valence-corrected chi connectivity index (χ0v) is 17.4. The predicted octanol–water partition coefficient (Wildman–Crippen LogP) is 2.50. The largest absolute Gasteiger partial charge is 0.463 e. The fraction of sp³-hybridized carbons (Fsp3) is 0.478. The van der Waals surface area contributed by atoms with Crippen LogP contribution >= 0.6 is 0 Å². The second kappa shape index (κ2) is 9.79. The van der Waals surface area contributed by atoms with Crippen LogP contribution in [0.4, 0.5) is 0 Å². The molecule has 30 heavy (non-hydrogen) atoms. The van der Waals surface area contributed by atoms with Crippen LogP contribution in [0.5, 0.6) is 0 Å². The van der Waals surface area contributed by atoms with Crippen LogP contribution in [-0.4, -0.2) is 43.8 Å². The van der Waals surface area contributed by atoms with Crippen LogP contribution in [-0.2, 0) is 19.1 Å². The van der Waals surface area contributed by atoms with Crippen molar-refractivity contribution >= 4 is 17.5 Å². The maximum atomic E-state index is 13.1. The highest BCUT2D eigenvalue weighted by molar-refractivity contribution is 6.11. The number of fused-ring (bicyclic) bond motifs is 1. The molecule has 0 amide bonds. The molecule has 2 aliphatic rings. The van der Waals surface area contributed by atoms with Gasteiger partial charge in [-0.2, -0.15) is 5.26 Å². The number of nitrogens with zero attached hydrogens (tertiary/aromatic N) is 2. The molecule has 0 spiro atoms. The van der Waals surface area contributed by atoms with E-state index in [9.17, 15) is 14.9 Å². The van der Waals surface area contributed by atoms with Crippen molar-refractivity contribution in [3.8, 4) is 6.07 Å². The van der Waals surface area contributed by atoms with Crippen LogP contribution in [0.15, 0.2) is 40.5 Å². The molecule has 1 heterocycles. The molecule has 7 heteroatoms. The number of hydrogen-bond donors (Lipinski definition) is 1. The maximum Gasteiger partial charge on any atom is 0.336 e. The molecule has 1 aromatic carbocycles. The van der Waals surface area contributed by atoms with Gasteiger partial charge in [0.25, 0.3) is 0 Å². The van der Waals surface area contributed by atoms with Gasteiger partial charge in [0, 0.05) is 24.6 Å². The van der Waals surface area contributed by atoms with E-state index in [0.717, 1.165) is 5.71 Å². The minimum absolute atomic E-state index is 0.0361. The second-order valence-corrected chi connectivity index (χ2v) is 7.66. The summed E-state index contributed by atoms with van der Waals surface area (Å²) in [6.07, 6.45) is 1.09. The molecule has 1 aromatic rings. The molecule has 1 saturated carbocycles. The molecular weight excluding hydrogens is 382 g/mol. The smallest absolute Gasteiger partial charge is 0.336 e. The van der Waals surface area contributed by atoms with Gasteiger partial charge in [0.15, 0.2) is 0 Å². The molecule has 1 fully saturated rings. The first-order valence-corrected chi connectivity index (χ1v) is 10.3. The monoisotopic (exact) mass is 409 g/mol. The Morgan fingerprint density at radius 1 is 1.30 bits per heavy atom. The molecule has 1 aliphatic heterocycles. The molecule has 1 aliphatic carbocycles. The predicted molar refractivity (Wildman–Crippen MR) is 112 cm³/mol. The van der Waals surface area contributed by atoms with Crippen LogP contribution in [0.25, 0.3) is 0 Å². The number of aliphatic imine (C=N–C) groups is 1. The molecule has 0 bridgehead atoms. The first-order chi connectivity index (χ1) is 14.5. The summed E-state index contributed by atoms with van der Waals surface area (Å²) >= 11 is 0. The summed E-state index contributed by atoms with van der Waals surface area (Å²) in [5.74, 6) is -1.52. The van der Waals surface area contributed by atoms with Gasteiger partial charge in [-0.3, -0.25) is 9.79 Å². The van der Waals surface area contributed by atoms with E-state index in [4.69, 9.17) is 20.2 Å². The Kier molecular flexibility index (Phi) is 7.14. The van der Waals surface area contributed by atoms with Crippen molar-refractivity contribution < 1.29 is 19.1 Å². The Balaban J connectivity index is 2.21. The molecule has 2 N–H and O–H groups in total. The van der Waals surface area contributed by atoms with E-state index < -0.39 is 17.8 Å². The Labute approximate surface area is 176 Å². The Morgan fingerprint density at radius 3 is 2.77 bits per heavy atom. The normalized spacial score (nSPS) is 23.5. The van der Waals surface area contributed by atoms with Crippen molar-refractivity contribution in [2.45, 2.75) is 32.6 Å². The quantitative estimate of drug-likeness (QED) is 0.547. The topological polar surface area (TPSA) is 115 Å². The van der Waals surface area contributed by atoms with E-state index in [1.165, 1.54) is 0 Å².